The Morgan fingerprint density at radius 2 is 1.89 bits per heavy atom. The maximum absolute atomic E-state index is 12.1. The van der Waals surface area contributed by atoms with Crippen LogP contribution >= 0.6 is 15.9 Å². The van der Waals surface area contributed by atoms with Crippen LogP contribution in [0, 0.1) is 0 Å². The maximum atomic E-state index is 12.1. The van der Waals surface area contributed by atoms with Crippen LogP contribution in [0.4, 0.5) is 11.6 Å². The molecule has 1 aromatic heterocycles. The van der Waals surface area contributed by atoms with Gasteiger partial charge in [0.05, 0.1) is 10.7 Å². The molecular weight excluding hydrogens is 412 g/mol. The number of halogens is 1. The van der Waals surface area contributed by atoms with Gasteiger partial charge in [-0.25, -0.2) is 5.43 Å². The molecule has 7 nitrogen and oxygen atoms in total. The minimum atomic E-state index is -0.345. The lowest BCUT2D eigenvalue weighted by Gasteiger charge is -2.26. The molecule has 1 aromatic carbocycles. The lowest BCUT2D eigenvalue weighted by Crippen LogP contribution is -2.29. The van der Waals surface area contributed by atoms with E-state index in [9.17, 15) is 9.59 Å². The van der Waals surface area contributed by atoms with Gasteiger partial charge in [0.25, 0.3) is 5.91 Å². The van der Waals surface area contributed by atoms with Crippen molar-refractivity contribution < 1.29 is 14.0 Å². The summed E-state index contributed by atoms with van der Waals surface area (Å²) >= 11 is 3.52. The highest BCUT2D eigenvalue weighted by molar-refractivity contribution is 9.10. The Bertz CT molecular complexity index is 839. The first-order valence-corrected chi connectivity index (χ1v) is 9.57. The number of benzene rings is 1. The predicted octanol–water partition coefficient (Wildman–Crippen LogP) is 3.75. The van der Waals surface area contributed by atoms with Crippen molar-refractivity contribution in [1.29, 1.82) is 0 Å². The van der Waals surface area contributed by atoms with Crippen LogP contribution in [-0.2, 0) is 4.79 Å². The van der Waals surface area contributed by atoms with Crippen molar-refractivity contribution in [3.63, 3.8) is 0 Å². The van der Waals surface area contributed by atoms with Crippen molar-refractivity contribution in [1.82, 2.24) is 5.43 Å². The molecule has 1 aliphatic rings. The van der Waals surface area contributed by atoms with Gasteiger partial charge in [-0.1, -0.05) is 0 Å². The smallest absolute Gasteiger partial charge is 0.271 e. The zero-order valence-corrected chi connectivity index (χ0v) is 16.6. The van der Waals surface area contributed by atoms with Gasteiger partial charge >= 0.3 is 0 Å². The molecule has 2 aromatic rings. The summed E-state index contributed by atoms with van der Waals surface area (Å²) in [5, 5.41) is 6.61. The summed E-state index contributed by atoms with van der Waals surface area (Å²) < 4.78 is 6.71. The number of amides is 2. The molecule has 2 N–H and O–H groups in total. The van der Waals surface area contributed by atoms with Gasteiger partial charge in [0, 0.05) is 37.3 Å². The van der Waals surface area contributed by atoms with E-state index >= 15 is 0 Å². The highest BCUT2D eigenvalue weighted by Gasteiger charge is 2.18. The predicted molar refractivity (Wildman–Crippen MR) is 108 cm³/mol. The Morgan fingerprint density at radius 3 is 2.56 bits per heavy atom. The van der Waals surface area contributed by atoms with E-state index in [0.29, 0.717) is 17.0 Å². The molecule has 27 heavy (non-hydrogen) atoms. The third-order valence-electron chi connectivity index (χ3n) is 4.16. The number of nitrogens with one attached hydrogen (secondary N) is 2. The molecule has 1 aliphatic heterocycles. The average molecular weight is 433 g/mol. The Hall–Kier alpha value is -2.61. The number of piperidine rings is 1. The zero-order chi connectivity index (χ0) is 19.2. The fourth-order valence-corrected chi connectivity index (χ4v) is 3.44. The SMILES string of the molecule is CC(=O)Nc1ccc(C(=O)NN=Cc2cc(Br)c(N3CCCCC3)o2)cc1. The molecule has 3 rings (SSSR count). The van der Waals surface area contributed by atoms with Gasteiger partial charge in [-0.3, -0.25) is 9.59 Å². The van der Waals surface area contributed by atoms with E-state index in [1.807, 2.05) is 6.07 Å². The van der Waals surface area contributed by atoms with Crippen LogP contribution in [0.5, 0.6) is 0 Å². The number of hydrazone groups is 1. The molecule has 0 bridgehead atoms. The number of furan rings is 1. The van der Waals surface area contributed by atoms with Crippen molar-refractivity contribution >= 4 is 45.5 Å². The van der Waals surface area contributed by atoms with E-state index in [4.69, 9.17) is 4.42 Å². The molecule has 0 unspecified atom stereocenters. The Balaban J connectivity index is 1.58. The lowest BCUT2D eigenvalue weighted by atomic mass is 10.1. The fraction of sp³-hybridized carbons (Fsp3) is 0.316. The summed E-state index contributed by atoms with van der Waals surface area (Å²) in [6.07, 6.45) is 5.05. The van der Waals surface area contributed by atoms with Gasteiger partial charge in [-0.05, 0) is 59.5 Å². The van der Waals surface area contributed by atoms with Crippen molar-refractivity contribution in [2.45, 2.75) is 26.2 Å². The van der Waals surface area contributed by atoms with E-state index in [2.05, 4.69) is 36.7 Å². The Morgan fingerprint density at radius 1 is 1.19 bits per heavy atom. The summed E-state index contributed by atoms with van der Waals surface area (Å²) in [5.41, 5.74) is 3.54. The first kappa shape index (κ1) is 19.2. The highest BCUT2D eigenvalue weighted by atomic mass is 79.9. The standard InChI is InChI=1S/C19H21BrN4O3/c1-13(25)22-15-7-5-14(6-8-15)18(26)23-21-12-16-11-17(20)19(27-16)24-9-3-2-4-10-24/h5-8,11-12H,2-4,9-10H2,1H3,(H,22,25)(H,23,26). The Kier molecular flexibility index (Phi) is 6.28. The molecule has 1 saturated heterocycles. The minimum absolute atomic E-state index is 0.162. The number of hydrogen-bond acceptors (Lipinski definition) is 5. The van der Waals surface area contributed by atoms with Gasteiger partial charge in [-0.15, -0.1) is 0 Å². The van der Waals surface area contributed by atoms with Gasteiger partial charge in [-0.2, -0.15) is 5.10 Å². The molecule has 0 spiro atoms. The number of rotatable bonds is 5. The van der Waals surface area contributed by atoms with E-state index < -0.39 is 0 Å². The number of carbonyl (C=O) groups excluding carboxylic acids is 2. The molecule has 1 fully saturated rings. The van der Waals surface area contributed by atoms with Crippen LogP contribution in [0.3, 0.4) is 0 Å². The van der Waals surface area contributed by atoms with E-state index in [1.165, 1.54) is 19.6 Å². The van der Waals surface area contributed by atoms with Crippen molar-refractivity contribution in [2.75, 3.05) is 23.3 Å². The normalized spacial score (nSPS) is 14.4. The maximum Gasteiger partial charge on any atom is 0.271 e. The van der Waals surface area contributed by atoms with E-state index in [-0.39, 0.29) is 11.8 Å². The quantitative estimate of drug-likeness (QED) is 0.556. The number of nitrogens with zero attached hydrogens (tertiary/aromatic N) is 2. The average Bonchev–Trinajstić information content (AvgIpc) is 3.03. The monoisotopic (exact) mass is 432 g/mol. The van der Waals surface area contributed by atoms with Crippen LogP contribution < -0.4 is 15.6 Å². The van der Waals surface area contributed by atoms with Crippen LogP contribution in [-0.4, -0.2) is 31.1 Å². The number of carbonyl (C=O) groups is 2. The van der Waals surface area contributed by atoms with Gasteiger partial charge in [0.15, 0.2) is 5.76 Å². The molecule has 0 aliphatic carbocycles. The molecule has 2 amide bonds. The second kappa shape index (κ2) is 8.85. The largest absolute Gasteiger partial charge is 0.438 e. The molecule has 142 valence electrons. The zero-order valence-electron chi connectivity index (χ0n) is 15.0. The highest BCUT2D eigenvalue weighted by Crippen LogP contribution is 2.31. The third-order valence-corrected chi connectivity index (χ3v) is 4.72. The van der Waals surface area contributed by atoms with Crippen molar-refractivity contribution in [3.05, 3.63) is 46.1 Å². The van der Waals surface area contributed by atoms with Crippen LogP contribution in [0.25, 0.3) is 0 Å². The molecule has 0 atom stereocenters. The number of hydrogen-bond donors (Lipinski definition) is 2. The molecular formula is C19H21BrN4O3. The van der Waals surface area contributed by atoms with Gasteiger partial charge in [0.1, 0.15) is 0 Å². The Labute approximate surface area is 165 Å². The first-order valence-electron chi connectivity index (χ1n) is 8.78. The van der Waals surface area contributed by atoms with Gasteiger partial charge in [0.2, 0.25) is 11.8 Å². The molecule has 0 saturated carbocycles. The summed E-state index contributed by atoms with van der Waals surface area (Å²) in [6.45, 7) is 3.39. The summed E-state index contributed by atoms with van der Waals surface area (Å²) in [4.78, 5) is 25.3. The van der Waals surface area contributed by atoms with Crippen LogP contribution in [0.2, 0.25) is 0 Å². The first-order chi connectivity index (χ1) is 13.0. The molecule has 8 heteroatoms. The van der Waals surface area contributed by atoms with Crippen molar-refractivity contribution in [2.24, 2.45) is 5.10 Å². The minimum Gasteiger partial charge on any atom is -0.438 e. The second-order valence-corrected chi connectivity index (χ2v) is 7.16. The molecule has 0 radical (unpaired) electrons. The summed E-state index contributed by atoms with van der Waals surface area (Å²) in [5.74, 6) is 0.854. The topological polar surface area (TPSA) is 86.9 Å². The fourth-order valence-electron chi connectivity index (χ4n) is 2.88. The van der Waals surface area contributed by atoms with E-state index in [1.54, 1.807) is 24.3 Å². The van der Waals surface area contributed by atoms with Crippen LogP contribution in [0.15, 0.2) is 44.3 Å². The molecule has 2 heterocycles. The number of anilines is 2. The van der Waals surface area contributed by atoms with Crippen molar-refractivity contribution in [3.8, 4) is 0 Å². The van der Waals surface area contributed by atoms with Gasteiger partial charge < -0.3 is 14.6 Å². The summed E-state index contributed by atoms with van der Waals surface area (Å²) in [7, 11) is 0. The van der Waals surface area contributed by atoms with E-state index in [0.717, 1.165) is 36.3 Å². The van der Waals surface area contributed by atoms with Crippen LogP contribution in [0.1, 0.15) is 42.3 Å². The third kappa shape index (κ3) is 5.19. The lowest BCUT2D eigenvalue weighted by molar-refractivity contribution is -0.114. The summed E-state index contributed by atoms with van der Waals surface area (Å²) in [6, 6.07) is 8.40. The second-order valence-electron chi connectivity index (χ2n) is 6.31.